The van der Waals surface area contributed by atoms with Crippen LogP contribution in [0.2, 0.25) is 0 Å². The van der Waals surface area contributed by atoms with E-state index in [2.05, 4.69) is 42.4 Å². The van der Waals surface area contributed by atoms with Gasteiger partial charge in [-0.1, -0.05) is 20.3 Å². The molecule has 18 heavy (non-hydrogen) atoms. The normalized spacial score (nSPS) is 13.2. The Morgan fingerprint density at radius 3 is 2.72 bits per heavy atom. The SMILES string of the molecule is CCCNCC(CCC)N(C)Cc1cnn(C)c1. The number of aryl methyl sites for hydroxylation is 1. The number of nitrogens with zero attached hydrogens (tertiary/aromatic N) is 3. The Hall–Kier alpha value is -0.870. The Morgan fingerprint density at radius 2 is 2.17 bits per heavy atom. The minimum Gasteiger partial charge on any atom is -0.315 e. The standard InChI is InChI=1S/C14H28N4/c1-5-7-14(10-15-8-6-2)17(3)11-13-9-16-18(4)12-13/h9,12,14-15H,5-8,10-11H2,1-4H3. The zero-order valence-electron chi connectivity index (χ0n) is 12.3. The van der Waals surface area contributed by atoms with E-state index in [9.17, 15) is 0 Å². The van der Waals surface area contributed by atoms with E-state index in [-0.39, 0.29) is 0 Å². The van der Waals surface area contributed by atoms with Gasteiger partial charge >= 0.3 is 0 Å². The lowest BCUT2D eigenvalue weighted by Gasteiger charge is -2.27. The Balaban J connectivity index is 2.44. The van der Waals surface area contributed by atoms with Crippen LogP contribution in [0.4, 0.5) is 0 Å². The van der Waals surface area contributed by atoms with Gasteiger partial charge in [-0.15, -0.1) is 0 Å². The molecule has 1 atom stereocenters. The van der Waals surface area contributed by atoms with Crippen molar-refractivity contribution >= 4 is 0 Å². The van der Waals surface area contributed by atoms with Crippen molar-refractivity contribution in [2.75, 3.05) is 20.1 Å². The molecular formula is C14H28N4. The molecule has 0 aliphatic heterocycles. The van der Waals surface area contributed by atoms with Crippen LogP contribution in [0.25, 0.3) is 0 Å². The molecule has 4 heteroatoms. The highest BCUT2D eigenvalue weighted by molar-refractivity contribution is 5.03. The monoisotopic (exact) mass is 252 g/mol. The van der Waals surface area contributed by atoms with E-state index in [1.165, 1.54) is 24.8 Å². The highest BCUT2D eigenvalue weighted by Gasteiger charge is 2.14. The summed E-state index contributed by atoms with van der Waals surface area (Å²) >= 11 is 0. The number of hydrogen-bond acceptors (Lipinski definition) is 3. The zero-order chi connectivity index (χ0) is 13.4. The minimum absolute atomic E-state index is 0.613. The summed E-state index contributed by atoms with van der Waals surface area (Å²) < 4.78 is 1.87. The molecule has 0 aliphatic rings. The highest BCUT2D eigenvalue weighted by atomic mass is 15.2. The molecule has 0 aliphatic carbocycles. The molecule has 0 aromatic carbocycles. The third-order valence-electron chi connectivity index (χ3n) is 3.24. The number of rotatable bonds is 9. The fourth-order valence-electron chi connectivity index (χ4n) is 2.23. The van der Waals surface area contributed by atoms with Gasteiger partial charge in [0.05, 0.1) is 6.20 Å². The first kappa shape index (κ1) is 15.2. The third-order valence-corrected chi connectivity index (χ3v) is 3.24. The van der Waals surface area contributed by atoms with Gasteiger partial charge in [-0.3, -0.25) is 9.58 Å². The summed E-state index contributed by atoms with van der Waals surface area (Å²) in [5.74, 6) is 0. The summed E-state index contributed by atoms with van der Waals surface area (Å²) in [7, 11) is 4.18. The summed E-state index contributed by atoms with van der Waals surface area (Å²) in [6, 6.07) is 0.613. The Morgan fingerprint density at radius 1 is 1.39 bits per heavy atom. The third kappa shape index (κ3) is 5.19. The quantitative estimate of drug-likeness (QED) is 0.683. The van der Waals surface area contributed by atoms with Crippen molar-refractivity contribution in [3.05, 3.63) is 18.0 Å². The predicted octanol–water partition coefficient (Wildman–Crippen LogP) is 2.02. The fraction of sp³-hybridized carbons (Fsp3) is 0.786. The van der Waals surface area contributed by atoms with Crippen molar-refractivity contribution in [3.8, 4) is 0 Å². The molecule has 0 bridgehead atoms. The van der Waals surface area contributed by atoms with E-state index in [4.69, 9.17) is 0 Å². The van der Waals surface area contributed by atoms with Crippen molar-refractivity contribution in [1.29, 1.82) is 0 Å². The van der Waals surface area contributed by atoms with Gasteiger partial charge in [0.25, 0.3) is 0 Å². The van der Waals surface area contributed by atoms with Gasteiger partial charge in [0.1, 0.15) is 0 Å². The van der Waals surface area contributed by atoms with Crippen LogP contribution in [0.5, 0.6) is 0 Å². The lowest BCUT2D eigenvalue weighted by molar-refractivity contribution is 0.215. The van der Waals surface area contributed by atoms with E-state index in [0.29, 0.717) is 6.04 Å². The molecule has 104 valence electrons. The van der Waals surface area contributed by atoms with Crippen LogP contribution in [0, 0.1) is 0 Å². The van der Waals surface area contributed by atoms with Crippen LogP contribution in [0.1, 0.15) is 38.7 Å². The predicted molar refractivity (Wildman–Crippen MR) is 76.5 cm³/mol. The number of likely N-dealkylation sites (N-methyl/N-ethyl adjacent to an activating group) is 1. The number of hydrogen-bond donors (Lipinski definition) is 1. The zero-order valence-corrected chi connectivity index (χ0v) is 12.3. The smallest absolute Gasteiger partial charge is 0.0534 e. The van der Waals surface area contributed by atoms with E-state index in [1.807, 2.05) is 17.9 Å². The van der Waals surface area contributed by atoms with E-state index >= 15 is 0 Å². The van der Waals surface area contributed by atoms with Gasteiger partial charge in [0.15, 0.2) is 0 Å². The molecule has 4 nitrogen and oxygen atoms in total. The van der Waals surface area contributed by atoms with Gasteiger partial charge in [-0.05, 0) is 26.4 Å². The molecule has 0 saturated carbocycles. The van der Waals surface area contributed by atoms with Crippen LogP contribution < -0.4 is 5.32 Å². The molecule has 0 fully saturated rings. The molecule has 0 saturated heterocycles. The average molecular weight is 252 g/mol. The molecule has 0 amide bonds. The summed E-state index contributed by atoms with van der Waals surface area (Å²) in [6.07, 6.45) is 7.73. The summed E-state index contributed by atoms with van der Waals surface area (Å²) in [4.78, 5) is 2.43. The molecular weight excluding hydrogens is 224 g/mol. The van der Waals surface area contributed by atoms with Crippen LogP contribution in [-0.4, -0.2) is 40.9 Å². The second-order valence-corrected chi connectivity index (χ2v) is 5.08. The van der Waals surface area contributed by atoms with Crippen LogP contribution in [0.15, 0.2) is 12.4 Å². The number of aromatic nitrogens is 2. The summed E-state index contributed by atoms with van der Waals surface area (Å²) in [5, 5.41) is 7.75. The first-order chi connectivity index (χ1) is 8.67. The molecule has 0 radical (unpaired) electrons. The van der Waals surface area contributed by atoms with E-state index < -0.39 is 0 Å². The van der Waals surface area contributed by atoms with Gasteiger partial charge in [0.2, 0.25) is 0 Å². The highest BCUT2D eigenvalue weighted by Crippen LogP contribution is 2.09. The summed E-state index contributed by atoms with van der Waals surface area (Å²) in [5.41, 5.74) is 1.29. The van der Waals surface area contributed by atoms with Crippen LogP contribution >= 0.6 is 0 Å². The molecule has 0 spiro atoms. The Bertz CT molecular complexity index is 321. The minimum atomic E-state index is 0.613. The molecule has 1 unspecified atom stereocenters. The van der Waals surface area contributed by atoms with Gasteiger partial charge < -0.3 is 5.32 Å². The van der Waals surface area contributed by atoms with E-state index in [0.717, 1.165) is 19.6 Å². The van der Waals surface area contributed by atoms with E-state index in [1.54, 1.807) is 0 Å². The molecule has 1 heterocycles. The first-order valence-electron chi connectivity index (χ1n) is 7.05. The molecule has 1 aromatic rings. The average Bonchev–Trinajstić information content (AvgIpc) is 2.74. The Kier molecular flexibility index (Phi) is 6.98. The fourth-order valence-corrected chi connectivity index (χ4v) is 2.23. The first-order valence-corrected chi connectivity index (χ1v) is 7.05. The maximum atomic E-state index is 4.22. The Labute approximate surface area is 111 Å². The van der Waals surface area contributed by atoms with Gasteiger partial charge in [-0.25, -0.2) is 0 Å². The van der Waals surface area contributed by atoms with Crippen molar-refractivity contribution in [2.45, 2.75) is 45.7 Å². The molecule has 1 N–H and O–H groups in total. The van der Waals surface area contributed by atoms with Crippen molar-refractivity contribution in [3.63, 3.8) is 0 Å². The summed E-state index contributed by atoms with van der Waals surface area (Å²) in [6.45, 7) is 7.64. The molecule has 1 aromatic heterocycles. The molecule has 1 rings (SSSR count). The van der Waals surface area contributed by atoms with Crippen molar-refractivity contribution < 1.29 is 0 Å². The van der Waals surface area contributed by atoms with Crippen LogP contribution in [0.3, 0.4) is 0 Å². The van der Waals surface area contributed by atoms with Gasteiger partial charge in [0, 0.05) is 37.9 Å². The van der Waals surface area contributed by atoms with Crippen molar-refractivity contribution in [1.82, 2.24) is 20.0 Å². The topological polar surface area (TPSA) is 33.1 Å². The number of nitrogens with one attached hydrogen (secondary N) is 1. The lowest BCUT2D eigenvalue weighted by atomic mass is 10.1. The van der Waals surface area contributed by atoms with Crippen molar-refractivity contribution in [2.24, 2.45) is 7.05 Å². The maximum Gasteiger partial charge on any atom is 0.0534 e. The largest absolute Gasteiger partial charge is 0.315 e. The van der Waals surface area contributed by atoms with Crippen LogP contribution in [-0.2, 0) is 13.6 Å². The maximum absolute atomic E-state index is 4.22. The second-order valence-electron chi connectivity index (χ2n) is 5.08. The lowest BCUT2D eigenvalue weighted by Crippen LogP contribution is -2.39. The second kappa shape index (κ2) is 8.27. The van der Waals surface area contributed by atoms with Gasteiger partial charge in [-0.2, -0.15) is 5.10 Å².